The molecule has 0 aliphatic heterocycles. The fourth-order valence-electron chi connectivity index (χ4n) is 3.32. The number of nitrogens with one attached hydrogen (secondary N) is 1. The quantitative estimate of drug-likeness (QED) is 0.384. The average Bonchev–Trinajstić information content (AvgIpc) is 2.74. The molecule has 0 atom stereocenters. The Morgan fingerprint density at radius 2 is 1.58 bits per heavy atom. The number of carbonyl (C=O) groups excluding carboxylic acids is 1. The lowest BCUT2D eigenvalue weighted by molar-refractivity contribution is 0.102. The van der Waals surface area contributed by atoms with Crippen LogP contribution in [0.2, 0.25) is 15.1 Å². The van der Waals surface area contributed by atoms with Gasteiger partial charge in [0.15, 0.2) is 0 Å². The van der Waals surface area contributed by atoms with Gasteiger partial charge in [0.25, 0.3) is 11.5 Å². The topological polar surface area (TPSA) is 71.3 Å². The van der Waals surface area contributed by atoms with Crippen molar-refractivity contribution in [3.63, 3.8) is 0 Å². The van der Waals surface area contributed by atoms with E-state index in [9.17, 15) is 14.7 Å². The average molecular weight is 474 g/mol. The van der Waals surface area contributed by atoms with Gasteiger partial charge in [-0.1, -0.05) is 65.1 Å². The van der Waals surface area contributed by atoms with Crippen molar-refractivity contribution in [2.24, 2.45) is 0 Å². The molecule has 0 bridgehead atoms. The van der Waals surface area contributed by atoms with Crippen LogP contribution in [-0.2, 0) is 6.54 Å². The van der Waals surface area contributed by atoms with Crippen molar-refractivity contribution >= 4 is 57.2 Å². The molecule has 31 heavy (non-hydrogen) atoms. The first kappa shape index (κ1) is 21.2. The van der Waals surface area contributed by atoms with Crippen LogP contribution in [-0.4, -0.2) is 15.6 Å². The van der Waals surface area contributed by atoms with E-state index in [4.69, 9.17) is 34.8 Å². The van der Waals surface area contributed by atoms with Gasteiger partial charge in [0.2, 0.25) is 5.88 Å². The minimum atomic E-state index is -0.643. The number of hydrogen-bond donors (Lipinski definition) is 2. The molecule has 0 aliphatic rings. The molecule has 4 aromatic rings. The molecule has 156 valence electrons. The molecule has 0 fully saturated rings. The number of hydrogen-bond acceptors (Lipinski definition) is 3. The number of anilines is 1. The van der Waals surface area contributed by atoms with E-state index < -0.39 is 17.3 Å². The fraction of sp³-hybridized carbons (Fsp3) is 0.0435. The minimum Gasteiger partial charge on any atom is -0.494 e. The highest BCUT2D eigenvalue weighted by molar-refractivity contribution is 6.37. The normalized spacial score (nSPS) is 10.9. The molecule has 8 heteroatoms. The van der Waals surface area contributed by atoms with Crippen LogP contribution < -0.4 is 10.9 Å². The Balaban J connectivity index is 1.89. The van der Waals surface area contributed by atoms with Gasteiger partial charge >= 0.3 is 0 Å². The second-order valence-corrected chi connectivity index (χ2v) is 8.12. The first-order valence-electron chi connectivity index (χ1n) is 9.20. The van der Waals surface area contributed by atoms with E-state index in [1.165, 1.54) is 18.2 Å². The third-order valence-corrected chi connectivity index (χ3v) is 5.58. The van der Waals surface area contributed by atoms with Crippen LogP contribution in [0.3, 0.4) is 0 Å². The van der Waals surface area contributed by atoms with Gasteiger partial charge in [-0.2, -0.15) is 0 Å². The zero-order valence-corrected chi connectivity index (χ0v) is 18.2. The molecule has 3 aromatic carbocycles. The first-order valence-corrected chi connectivity index (χ1v) is 10.3. The maximum absolute atomic E-state index is 13.2. The molecule has 1 amide bonds. The predicted octanol–water partition coefficient (Wildman–Crippen LogP) is 5.97. The third kappa shape index (κ3) is 4.26. The highest BCUT2D eigenvalue weighted by Gasteiger charge is 2.23. The van der Waals surface area contributed by atoms with Crippen molar-refractivity contribution in [1.29, 1.82) is 0 Å². The lowest BCUT2D eigenvalue weighted by atomic mass is 10.1. The predicted molar refractivity (Wildman–Crippen MR) is 125 cm³/mol. The number of aromatic hydroxyl groups is 1. The summed E-state index contributed by atoms with van der Waals surface area (Å²) in [6.45, 7) is 0.0893. The maximum atomic E-state index is 13.2. The van der Waals surface area contributed by atoms with Gasteiger partial charge in [-0.15, -0.1) is 0 Å². The van der Waals surface area contributed by atoms with Gasteiger partial charge in [0.05, 0.1) is 17.3 Å². The van der Waals surface area contributed by atoms with E-state index in [2.05, 4.69) is 5.32 Å². The molecule has 1 heterocycles. The summed E-state index contributed by atoms with van der Waals surface area (Å²) in [6, 6.07) is 18.3. The Morgan fingerprint density at radius 1 is 0.903 bits per heavy atom. The molecule has 0 aliphatic carbocycles. The van der Waals surface area contributed by atoms with Crippen LogP contribution >= 0.6 is 34.8 Å². The summed E-state index contributed by atoms with van der Waals surface area (Å²) in [6.07, 6.45) is 0. The van der Waals surface area contributed by atoms with E-state index in [-0.39, 0.29) is 27.9 Å². The summed E-state index contributed by atoms with van der Waals surface area (Å²) >= 11 is 18.2. The van der Waals surface area contributed by atoms with Gasteiger partial charge in [-0.05, 0) is 42.0 Å². The Kier molecular flexibility index (Phi) is 5.92. The summed E-state index contributed by atoms with van der Waals surface area (Å²) in [5.41, 5.74) is 0.583. The van der Waals surface area contributed by atoms with Crippen LogP contribution in [0.1, 0.15) is 15.9 Å². The summed E-state index contributed by atoms with van der Waals surface area (Å²) in [7, 11) is 0. The molecule has 0 spiro atoms. The van der Waals surface area contributed by atoms with Crippen molar-refractivity contribution in [2.75, 3.05) is 5.32 Å². The molecule has 1 aromatic heterocycles. The fourth-order valence-corrected chi connectivity index (χ4v) is 3.95. The molecule has 0 saturated heterocycles. The molecule has 2 N–H and O–H groups in total. The Labute approximate surface area is 192 Å². The number of halogens is 3. The SMILES string of the molecule is O=C(Nc1ccc(Cl)cc1Cl)c1c(O)n(Cc2ccccc2)c(=O)c2ccc(Cl)cc12. The van der Waals surface area contributed by atoms with Crippen LogP contribution in [0, 0.1) is 0 Å². The van der Waals surface area contributed by atoms with Gasteiger partial charge < -0.3 is 10.4 Å². The lowest BCUT2D eigenvalue weighted by Crippen LogP contribution is -2.25. The van der Waals surface area contributed by atoms with Crippen LogP contribution in [0.15, 0.2) is 71.5 Å². The molecular formula is C23H15Cl3N2O3. The van der Waals surface area contributed by atoms with Crippen LogP contribution in [0.25, 0.3) is 10.8 Å². The van der Waals surface area contributed by atoms with Crippen molar-refractivity contribution < 1.29 is 9.90 Å². The third-order valence-electron chi connectivity index (χ3n) is 4.80. The molecule has 5 nitrogen and oxygen atoms in total. The highest BCUT2D eigenvalue weighted by atomic mass is 35.5. The maximum Gasteiger partial charge on any atom is 0.261 e. The molecule has 0 radical (unpaired) electrons. The van der Waals surface area contributed by atoms with E-state index in [0.29, 0.717) is 15.7 Å². The number of rotatable bonds is 4. The van der Waals surface area contributed by atoms with Crippen molar-refractivity contribution in [3.8, 4) is 5.88 Å². The van der Waals surface area contributed by atoms with E-state index in [1.54, 1.807) is 18.2 Å². The summed E-state index contributed by atoms with van der Waals surface area (Å²) in [4.78, 5) is 26.3. The molecule has 0 unspecified atom stereocenters. The minimum absolute atomic E-state index is 0.0842. The molecule has 0 saturated carbocycles. The zero-order valence-electron chi connectivity index (χ0n) is 15.9. The van der Waals surface area contributed by atoms with Crippen LogP contribution in [0.4, 0.5) is 5.69 Å². The second-order valence-electron chi connectivity index (χ2n) is 6.84. The number of fused-ring (bicyclic) bond motifs is 1. The summed E-state index contributed by atoms with van der Waals surface area (Å²) in [5.74, 6) is -1.11. The largest absolute Gasteiger partial charge is 0.494 e. The number of benzene rings is 3. The van der Waals surface area contributed by atoms with Gasteiger partial charge in [0.1, 0.15) is 5.56 Å². The molecule has 4 rings (SSSR count). The van der Waals surface area contributed by atoms with Gasteiger partial charge in [-0.3, -0.25) is 14.2 Å². The Bertz CT molecular complexity index is 1370. The van der Waals surface area contributed by atoms with Crippen molar-refractivity contribution in [3.05, 3.63) is 103 Å². The van der Waals surface area contributed by atoms with E-state index in [1.807, 2.05) is 30.3 Å². The van der Waals surface area contributed by atoms with Gasteiger partial charge in [-0.25, -0.2) is 0 Å². The van der Waals surface area contributed by atoms with Gasteiger partial charge in [0, 0.05) is 20.8 Å². The van der Waals surface area contributed by atoms with Crippen LogP contribution in [0.5, 0.6) is 5.88 Å². The van der Waals surface area contributed by atoms with E-state index in [0.717, 1.165) is 10.1 Å². The number of aromatic nitrogens is 1. The first-order chi connectivity index (χ1) is 14.8. The summed E-state index contributed by atoms with van der Waals surface area (Å²) in [5, 5.41) is 15.1. The van der Waals surface area contributed by atoms with E-state index >= 15 is 0 Å². The Morgan fingerprint density at radius 3 is 2.29 bits per heavy atom. The number of nitrogens with zero attached hydrogens (tertiary/aromatic N) is 1. The second kappa shape index (κ2) is 8.63. The number of pyridine rings is 1. The van der Waals surface area contributed by atoms with Crippen molar-refractivity contribution in [2.45, 2.75) is 6.54 Å². The smallest absolute Gasteiger partial charge is 0.261 e. The number of carbonyl (C=O) groups is 1. The monoisotopic (exact) mass is 472 g/mol. The highest BCUT2D eigenvalue weighted by Crippen LogP contribution is 2.31. The summed E-state index contributed by atoms with van der Waals surface area (Å²) < 4.78 is 1.16. The lowest BCUT2D eigenvalue weighted by Gasteiger charge is -2.16. The number of amides is 1. The zero-order chi connectivity index (χ0) is 22.1. The molecular weight excluding hydrogens is 459 g/mol. The Hall–Kier alpha value is -2.99. The standard InChI is InChI=1S/C23H15Cl3N2O3/c24-14-6-8-16-17(10-14)20(21(29)27-19-9-7-15(25)11-18(19)26)23(31)28(22(16)30)12-13-4-2-1-3-5-13/h1-11,31H,12H2,(H,27,29). The van der Waals surface area contributed by atoms with Crippen molar-refractivity contribution in [1.82, 2.24) is 4.57 Å².